The Morgan fingerprint density at radius 3 is 3.08 bits per heavy atom. The van der Waals surface area contributed by atoms with Crippen LogP contribution in [0.15, 0.2) is 11.6 Å². The molecule has 3 nitrogen and oxygen atoms in total. The lowest BCUT2D eigenvalue weighted by Gasteiger charge is -2.18. The Kier molecular flexibility index (Phi) is 4.48. The van der Waals surface area contributed by atoms with E-state index in [1.54, 1.807) is 24.6 Å². The molecule has 0 fully saturated rings. The number of thiazole rings is 1. The monoisotopic (exact) mass is 220 g/mol. The summed E-state index contributed by atoms with van der Waals surface area (Å²) in [6, 6.07) is 0. The van der Waals surface area contributed by atoms with Crippen LogP contribution in [-0.4, -0.2) is 37.7 Å². The molecule has 0 bridgehead atoms. The highest BCUT2D eigenvalue weighted by Gasteiger charge is 2.09. The van der Waals surface area contributed by atoms with Gasteiger partial charge in [-0.15, -0.1) is 22.9 Å². The van der Waals surface area contributed by atoms with Crippen LogP contribution in [0.4, 0.5) is 5.13 Å². The zero-order valence-corrected chi connectivity index (χ0v) is 9.31. The maximum absolute atomic E-state index is 6.00. The Morgan fingerprint density at radius 2 is 2.54 bits per heavy atom. The molecule has 0 aliphatic carbocycles. The molecule has 0 spiro atoms. The summed E-state index contributed by atoms with van der Waals surface area (Å²) in [5, 5.41) is 2.95. The van der Waals surface area contributed by atoms with Crippen molar-refractivity contribution in [1.82, 2.24) is 4.98 Å². The number of methoxy groups -OCH3 is 1. The fourth-order valence-corrected chi connectivity index (χ4v) is 1.97. The third kappa shape index (κ3) is 3.50. The van der Waals surface area contributed by atoms with Gasteiger partial charge in [-0.2, -0.15) is 0 Å². The minimum atomic E-state index is 0.0129. The van der Waals surface area contributed by atoms with E-state index in [1.807, 2.05) is 17.3 Å². The lowest BCUT2D eigenvalue weighted by Crippen LogP contribution is -2.28. The molecule has 0 amide bonds. The molecule has 0 radical (unpaired) electrons. The van der Waals surface area contributed by atoms with Gasteiger partial charge in [-0.3, -0.25) is 0 Å². The van der Waals surface area contributed by atoms with Gasteiger partial charge in [-0.1, -0.05) is 0 Å². The summed E-state index contributed by atoms with van der Waals surface area (Å²) in [7, 11) is 3.63. The number of anilines is 1. The summed E-state index contributed by atoms with van der Waals surface area (Å²) in [5.41, 5.74) is 0. The number of aromatic nitrogens is 1. The highest BCUT2D eigenvalue weighted by Crippen LogP contribution is 2.16. The number of alkyl halides is 1. The minimum absolute atomic E-state index is 0.0129. The predicted octanol–water partition coefficient (Wildman–Crippen LogP) is 1.83. The van der Waals surface area contributed by atoms with Crippen molar-refractivity contribution in [1.29, 1.82) is 0 Å². The van der Waals surface area contributed by atoms with Crippen molar-refractivity contribution in [2.75, 3.05) is 32.2 Å². The quantitative estimate of drug-likeness (QED) is 0.708. The molecular weight excluding hydrogens is 208 g/mol. The van der Waals surface area contributed by atoms with E-state index in [9.17, 15) is 0 Å². The van der Waals surface area contributed by atoms with E-state index in [0.717, 1.165) is 11.7 Å². The summed E-state index contributed by atoms with van der Waals surface area (Å²) < 4.78 is 4.95. The van der Waals surface area contributed by atoms with E-state index in [0.29, 0.717) is 6.61 Å². The van der Waals surface area contributed by atoms with Crippen molar-refractivity contribution >= 4 is 28.1 Å². The van der Waals surface area contributed by atoms with Crippen molar-refractivity contribution in [3.8, 4) is 0 Å². The standard InChI is InChI=1S/C8H13ClN2OS/c1-11(5-7(9)6-12-2)8-10-3-4-13-8/h3-4,7H,5-6H2,1-2H3. The van der Waals surface area contributed by atoms with E-state index < -0.39 is 0 Å². The van der Waals surface area contributed by atoms with Gasteiger partial charge < -0.3 is 9.64 Å². The molecule has 0 aliphatic heterocycles. The number of halogens is 1. The average molecular weight is 221 g/mol. The fraction of sp³-hybridized carbons (Fsp3) is 0.625. The molecule has 1 aromatic heterocycles. The first kappa shape index (κ1) is 10.8. The second-order valence-electron chi connectivity index (χ2n) is 2.75. The first-order chi connectivity index (χ1) is 6.24. The van der Waals surface area contributed by atoms with Gasteiger partial charge in [-0.25, -0.2) is 4.98 Å². The van der Waals surface area contributed by atoms with E-state index in [2.05, 4.69) is 4.98 Å². The summed E-state index contributed by atoms with van der Waals surface area (Å²) in [5.74, 6) is 0. The number of rotatable bonds is 5. The molecule has 0 N–H and O–H groups in total. The van der Waals surface area contributed by atoms with Crippen LogP contribution in [0.5, 0.6) is 0 Å². The molecule has 1 heterocycles. The molecule has 0 saturated heterocycles. The maximum atomic E-state index is 6.00. The molecular formula is C8H13ClN2OS. The zero-order valence-electron chi connectivity index (χ0n) is 7.74. The van der Waals surface area contributed by atoms with Crippen LogP contribution in [0.3, 0.4) is 0 Å². The zero-order chi connectivity index (χ0) is 9.68. The minimum Gasteiger partial charge on any atom is -0.383 e. The van der Waals surface area contributed by atoms with Gasteiger partial charge in [0.25, 0.3) is 0 Å². The fourth-order valence-electron chi connectivity index (χ4n) is 1.01. The van der Waals surface area contributed by atoms with Crippen LogP contribution in [-0.2, 0) is 4.74 Å². The van der Waals surface area contributed by atoms with Crippen molar-refractivity contribution in [2.24, 2.45) is 0 Å². The molecule has 0 aromatic carbocycles. The molecule has 1 atom stereocenters. The summed E-state index contributed by atoms with van der Waals surface area (Å²) >= 11 is 7.61. The van der Waals surface area contributed by atoms with Gasteiger partial charge in [0.1, 0.15) is 0 Å². The summed E-state index contributed by atoms with van der Waals surface area (Å²) in [6.07, 6.45) is 1.79. The van der Waals surface area contributed by atoms with Crippen molar-refractivity contribution in [3.05, 3.63) is 11.6 Å². The smallest absolute Gasteiger partial charge is 0.185 e. The molecule has 1 rings (SSSR count). The summed E-state index contributed by atoms with van der Waals surface area (Å²) in [4.78, 5) is 6.20. The van der Waals surface area contributed by atoms with Crippen LogP contribution in [0.2, 0.25) is 0 Å². The second kappa shape index (κ2) is 5.42. The number of hydrogen-bond donors (Lipinski definition) is 0. The molecule has 74 valence electrons. The van der Waals surface area contributed by atoms with Crippen LogP contribution in [0.1, 0.15) is 0 Å². The second-order valence-corrected chi connectivity index (χ2v) is 4.24. The number of nitrogens with zero attached hydrogens (tertiary/aromatic N) is 2. The van der Waals surface area contributed by atoms with Gasteiger partial charge in [-0.05, 0) is 0 Å². The Hall–Kier alpha value is -0.320. The van der Waals surface area contributed by atoms with Crippen LogP contribution in [0.25, 0.3) is 0 Å². The topological polar surface area (TPSA) is 25.4 Å². The van der Waals surface area contributed by atoms with Crippen molar-refractivity contribution < 1.29 is 4.74 Å². The van der Waals surface area contributed by atoms with Gasteiger partial charge in [0.05, 0.1) is 12.0 Å². The molecule has 5 heteroatoms. The molecule has 0 saturated carbocycles. The molecule has 0 aliphatic rings. The largest absolute Gasteiger partial charge is 0.383 e. The lowest BCUT2D eigenvalue weighted by molar-refractivity contribution is 0.199. The highest BCUT2D eigenvalue weighted by atomic mass is 35.5. The van der Waals surface area contributed by atoms with E-state index in [4.69, 9.17) is 16.3 Å². The Labute approximate surface area is 87.3 Å². The predicted molar refractivity (Wildman–Crippen MR) is 56.9 cm³/mol. The third-order valence-corrected chi connectivity index (χ3v) is 2.72. The SMILES string of the molecule is COCC(Cl)CN(C)c1nccs1. The van der Waals surface area contributed by atoms with Crippen molar-refractivity contribution in [3.63, 3.8) is 0 Å². The highest BCUT2D eigenvalue weighted by molar-refractivity contribution is 7.13. The molecule has 13 heavy (non-hydrogen) atoms. The lowest BCUT2D eigenvalue weighted by atomic mass is 10.4. The molecule has 1 unspecified atom stereocenters. The van der Waals surface area contributed by atoms with Gasteiger partial charge in [0, 0.05) is 32.3 Å². The first-order valence-electron chi connectivity index (χ1n) is 3.97. The van der Waals surface area contributed by atoms with Gasteiger partial charge >= 0.3 is 0 Å². The maximum Gasteiger partial charge on any atom is 0.185 e. The average Bonchev–Trinajstić information content (AvgIpc) is 2.55. The number of hydrogen-bond acceptors (Lipinski definition) is 4. The van der Waals surface area contributed by atoms with E-state index in [1.165, 1.54) is 0 Å². The van der Waals surface area contributed by atoms with Crippen molar-refractivity contribution in [2.45, 2.75) is 5.38 Å². The number of ether oxygens (including phenoxy) is 1. The van der Waals surface area contributed by atoms with Crippen LogP contribution in [0, 0.1) is 0 Å². The Morgan fingerprint density at radius 1 is 1.77 bits per heavy atom. The molecule has 1 aromatic rings. The van der Waals surface area contributed by atoms with Crippen LogP contribution < -0.4 is 4.90 Å². The van der Waals surface area contributed by atoms with Crippen LogP contribution >= 0.6 is 22.9 Å². The Bertz CT molecular complexity index is 230. The third-order valence-electron chi connectivity index (χ3n) is 1.57. The van der Waals surface area contributed by atoms with E-state index in [-0.39, 0.29) is 5.38 Å². The first-order valence-corrected chi connectivity index (χ1v) is 5.29. The normalized spacial score (nSPS) is 12.8. The van der Waals surface area contributed by atoms with Gasteiger partial charge in [0.2, 0.25) is 0 Å². The Balaban J connectivity index is 2.37. The van der Waals surface area contributed by atoms with E-state index >= 15 is 0 Å². The summed E-state index contributed by atoms with van der Waals surface area (Å²) in [6.45, 7) is 1.32. The van der Waals surface area contributed by atoms with Gasteiger partial charge in [0.15, 0.2) is 5.13 Å².